The lowest BCUT2D eigenvalue weighted by Crippen LogP contribution is -2.36. The van der Waals surface area contributed by atoms with Gasteiger partial charge in [0.2, 0.25) is 10.0 Å². The molecule has 31 heavy (non-hydrogen) atoms. The number of nitrogens with one attached hydrogen (secondary N) is 1. The molecule has 0 spiro atoms. The molecule has 168 valence electrons. The quantitative estimate of drug-likeness (QED) is 0.642. The van der Waals surface area contributed by atoms with Crippen molar-refractivity contribution in [2.75, 3.05) is 30.7 Å². The average Bonchev–Trinajstić information content (AvgIpc) is 3.25. The number of benzene rings is 2. The summed E-state index contributed by atoms with van der Waals surface area (Å²) in [6.07, 6.45) is 2.97. The van der Waals surface area contributed by atoms with Crippen molar-refractivity contribution in [2.24, 2.45) is 0 Å². The summed E-state index contributed by atoms with van der Waals surface area (Å²) < 4.78 is 30.2. The van der Waals surface area contributed by atoms with E-state index in [1.807, 2.05) is 18.2 Å². The van der Waals surface area contributed by atoms with Gasteiger partial charge in [0.1, 0.15) is 5.75 Å². The van der Waals surface area contributed by atoms with Crippen LogP contribution in [0.25, 0.3) is 0 Å². The number of carbonyl (C=O) groups excluding carboxylic acids is 1. The van der Waals surface area contributed by atoms with E-state index in [0.29, 0.717) is 18.0 Å². The van der Waals surface area contributed by atoms with Gasteiger partial charge in [0.25, 0.3) is 5.91 Å². The van der Waals surface area contributed by atoms with E-state index in [1.54, 1.807) is 31.2 Å². The molecule has 2 aromatic rings. The number of sulfonamides is 1. The van der Waals surface area contributed by atoms with Crippen molar-refractivity contribution in [3.8, 4) is 5.75 Å². The van der Waals surface area contributed by atoms with Gasteiger partial charge in [-0.1, -0.05) is 24.3 Å². The van der Waals surface area contributed by atoms with Gasteiger partial charge in [-0.3, -0.25) is 14.0 Å². The summed E-state index contributed by atoms with van der Waals surface area (Å²) in [4.78, 5) is 15.0. The lowest BCUT2D eigenvalue weighted by molar-refractivity contribution is -0.127. The molecule has 0 aromatic heterocycles. The van der Waals surface area contributed by atoms with Crippen molar-refractivity contribution in [3.63, 3.8) is 0 Å². The highest BCUT2D eigenvalue weighted by molar-refractivity contribution is 7.92. The van der Waals surface area contributed by atoms with Crippen molar-refractivity contribution in [2.45, 2.75) is 39.0 Å². The number of nitrogens with zero attached hydrogens (tertiary/aromatic N) is 2. The predicted molar refractivity (Wildman–Crippen MR) is 123 cm³/mol. The minimum Gasteiger partial charge on any atom is -0.481 e. The van der Waals surface area contributed by atoms with Gasteiger partial charge < -0.3 is 10.1 Å². The Morgan fingerprint density at radius 3 is 2.32 bits per heavy atom. The van der Waals surface area contributed by atoms with Crippen LogP contribution in [0.1, 0.15) is 30.9 Å². The summed E-state index contributed by atoms with van der Waals surface area (Å²) in [6, 6.07) is 14.8. The topological polar surface area (TPSA) is 78.9 Å². The summed E-state index contributed by atoms with van der Waals surface area (Å²) in [6.45, 7) is 5.32. The van der Waals surface area contributed by atoms with Crippen LogP contribution in [0.3, 0.4) is 0 Å². The number of ether oxygens (including phenoxy) is 1. The molecule has 0 unspecified atom stereocenters. The number of likely N-dealkylation sites (tertiary alicyclic amines) is 1. The van der Waals surface area contributed by atoms with Gasteiger partial charge >= 0.3 is 0 Å². The van der Waals surface area contributed by atoms with E-state index in [9.17, 15) is 13.2 Å². The third-order valence-corrected chi connectivity index (χ3v) is 6.75. The van der Waals surface area contributed by atoms with Crippen LogP contribution in [0.4, 0.5) is 5.69 Å². The molecule has 0 aliphatic carbocycles. The minimum absolute atomic E-state index is 0.201. The van der Waals surface area contributed by atoms with Crippen LogP contribution < -0.4 is 14.4 Å². The Morgan fingerprint density at radius 2 is 1.71 bits per heavy atom. The normalized spacial score (nSPS) is 15.5. The van der Waals surface area contributed by atoms with Gasteiger partial charge in [0.05, 0.1) is 11.9 Å². The molecule has 1 N–H and O–H groups in total. The molecule has 1 aliphatic heterocycles. The van der Waals surface area contributed by atoms with Crippen LogP contribution >= 0.6 is 0 Å². The molecule has 1 heterocycles. The van der Waals surface area contributed by atoms with Gasteiger partial charge in [-0.15, -0.1) is 0 Å². The third kappa shape index (κ3) is 6.45. The lowest BCUT2D eigenvalue weighted by atomic mass is 10.1. The Bertz CT molecular complexity index is 986. The van der Waals surface area contributed by atoms with E-state index in [0.717, 1.165) is 31.5 Å². The zero-order valence-electron chi connectivity index (χ0n) is 18.4. The highest BCUT2D eigenvalue weighted by atomic mass is 32.2. The zero-order valence-corrected chi connectivity index (χ0v) is 19.2. The highest BCUT2D eigenvalue weighted by Gasteiger charge is 2.17. The largest absolute Gasteiger partial charge is 0.481 e. The maximum absolute atomic E-state index is 12.5. The number of hydrogen-bond acceptors (Lipinski definition) is 5. The van der Waals surface area contributed by atoms with E-state index in [4.69, 9.17) is 4.74 Å². The monoisotopic (exact) mass is 445 g/mol. The van der Waals surface area contributed by atoms with E-state index in [1.165, 1.54) is 29.8 Å². The fraction of sp³-hybridized carbons (Fsp3) is 0.435. The number of amides is 1. The molecule has 2 aromatic carbocycles. The molecule has 1 amide bonds. The van der Waals surface area contributed by atoms with Crippen molar-refractivity contribution in [1.29, 1.82) is 0 Å². The second-order valence-electron chi connectivity index (χ2n) is 7.95. The van der Waals surface area contributed by atoms with Gasteiger partial charge in [0, 0.05) is 20.1 Å². The van der Waals surface area contributed by atoms with E-state index >= 15 is 0 Å². The first-order chi connectivity index (χ1) is 14.7. The lowest BCUT2D eigenvalue weighted by Gasteiger charge is -2.19. The molecule has 0 bridgehead atoms. The Labute approximate surface area is 185 Å². The predicted octanol–water partition coefficient (Wildman–Crippen LogP) is 2.76. The molecular weight excluding hydrogens is 414 g/mol. The van der Waals surface area contributed by atoms with Gasteiger partial charge in [-0.25, -0.2) is 8.42 Å². The second-order valence-corrected chi connectivity index (χ2v) is 9.97. The highest BCUT2D eigenvalue weighted by Crippen LogP contribution is 2.21. The van der Waals surface area contributed by atoms with Crippen LogP contribution in [0, 0.1) is 0 Å². The summed E-state index contributed by atoms with van der Waals surface area (Å²) in [5.74, 6) is 0.302. The summed E-state index contributed by atoms with van der Waals surface area (Å²) in [5, 5.41) is 2.96. The first-order valence-corrected chi connectivity index (χ1v) is 12.4. The van der Waals surface area contributed by atoms with Crippen LogP contribution in [-0.4, -0.2) is 51.7 Å². The first kappa shape index (κ1) is 23.1. The van der Waals surface area contributed by atoms with Crippen LogP contribution in [0.5, 0.6) is 5.75 Å². The van der Waals surface area contributed by atoms with E-state index < -0.39 is 16.1 Å². The number of hydrogen-bond donors (Lipinski definition) is 1. The Hall–Kier alpha value is -2.58. The van der Waals surface area contributed by atoms with Crippen molar-refractivity contribution in [1.82, 2.24) is 10.2 Å². The maximum atomic E-state index is 12.5. The fourth-order valence-electron chi connectivity index (χ4n) is 3.58. The standard InChI is InChI=1S/C23H31N3O4S/c1-18(30-22-12-10-21(11-13-22)25(2)31(3,28)29)23(27)24-16-19-8-4-5-9-20(19)17-26-14-6-7-15-26/h4-5,8-13,18H,6-7,14-17H2,1-3H3,(H,24,27)/t18-/m0/s1. The Morgan fingerprint density at radius 1 is 1.10 bits per heavy atom. The molecule has 1 atom stereocenters. The molecular formula is C23H31N3O4S. The molecule has 8 heteroatoms. The van der Waals surface area contributed by atoms with E-state index in [-0.39, 0.29) is 5.91 Å². The first-order valence-electron chi connectivity index (χ1n) is 10.5. The molecule has 1 fully saturated rings. The van der Waals surface area contributed by atoms with Gasteiger partial charge in [-0.05, 0) is 68.2 Å². The number of rotatable bonds is 9. The SMILES string of the molecule is C[C@H](Oc1ccc(N(C)S(C)(=O)=O)cc1)C(=O)NCc1ccccc1CN1CCCC1. The zero-order chi connectivity index (χ0) is 22.4. The summed E-state index contributed by atoms with van der Waals surface area (Å²) >= 11 is 0. The fourth-order valence-corrected chi connectivity index (χ4v) is 4.08. The molecule has 3 rings (SSSR count). The maximum Gasteiger partial charge on any atom is 0.261 e. The molecule has 1 aliphatic rings. The van der Waals surface area contributed by atoms with Crippen molar-refractivity contribution in [3.05, 3.63) is 59.7 Å². The number of anilines is 1. The summed E-state index contributed by atoms with van der Waals surface area (Å²) in [7, 11) is -1.84. The van der Waals surface area contributed by atoms with Gasteiger partial charge in [-0.2, -0.15) is 0 Å². The third-order valence-electron chi connectivity index (χ3n) is 5.54. The Balaban J connectivity index is 1.54. The molecule has 1 saturated heterocycles. The average molecular weight is 446 g/mol. The van der Waals surface area contributed by atoms with Crippen molar-refractivity contribution < 1.29 is 17.9 Å². The van der Waals surface area contributed by atoms with Crippen LogP contribution in [0.2, 0.25) is 0 Å². The van der Waals surface area contributed by atoms with Gasteiger partial charge in [0.15, 0.2) is 6.10 Å². The summed E-state index contributed by atoms with van der Waals surface area (Å²) in [5.41, 5.74) is 2.88. The minimum atomic E-state index is -3.32. The Kier molecular flexibility index (Phi) is 7.56. The van der Waals surface area contributed by atoms with E-state index in [2.05, 4.69) is 16.3 Å². The molecule has 7 nitrogen and oxygen atoms in total. The second kappa shape index (κ2) is 10.2. The van der Waals surface area contributed by atoms with Crippen molar-refractivity contribution >= 4 is 21.6 Å². The molecule has 0 saturated carbocycles. The van der Waals surface area contributed by atoms with Crippen LogP contribution in [-0.2, 0) is 27.9 Å². The molecule has 0 radical (unpaired) electrons. The number of carbonyl (C=O) groups is 1. The smallest absolute Gasteiger partial charge is 0.261 e. The van der Waals surface area contributed by atoms with Crippen LogP contribution in [0.15, 0.2) is 48.5 Å².